The molecule has 3 aromatic carbocycles. The molecule has 1 heterocycles. The Morgan fingerprint density at radius 1 is 0.826 bits per heavy atom. The van der Waals surface area contributed by atoms with Crippen LogP contribution >= 0.6 is 0 Å². The van der Waals surface area contributed by atoms with E-state index in [4.69, 9.17) is 4.74 Å². The van der Waals surface area contributed by atoms with Crippen molar-refractivity contribution in [1.82, 2.24) is 0 Å². The SMILES string of the molecule is O=C1N=C(c2cccc3ccccc23)OC1=Cc1ccccc1. The second-order valence-electron chi connectivity index (χ2n) is 5.27. The second-order valence-corrected chi connectivity index (χ2v) is 5.27. The molecule has 0 fully saturated rings. The Hall–Kier alpha value is -3.20. The van der Waals surface area contributed by atoms with Crippen molar-refractivity contribution in [3.8, 4) is 0 Å². The van der Waals surface area contributed by atoms with Crippen molar-refractivity contribution in [1.29, 1.82) is 0 Å². The largest absolute Gasteiger partial charge is 0.432 e. The molecule has 0 atom stereocenters. The molecule has 4 rings (SSSR count). The average molecular weight is 299 g/mol. The van der Waals surface area contributed by atoms with Crippen LogP contribution in [0.1, 0.15) is 11.1 Å². The predicted octanol–water partition coefficient (Wildman–Crippen LogP) is 4.18. The summed E-state index contributed by atoms with van der Waals surface area (Å²) < 4.78 is 5.73. The van der Waals surface area contributed by atoms with Crippen LogP contribution in [-0.4, -0.2) is 11.8 Å². The quantitative estimate of drug-likeness (QED) is 0.666. The molecule has 0 N–H and O–H groups in total. The van der Waals surface area contributed by atoms with Crippen molar-refractivity contribution in [2.75, 3.05) is 0 Å². The standard InChI is InChI=1S/C20H13NO2/c22-19-18(13-14-7-2-1-3-8-14)23-20(21-19)17-12-6-10-15-9-4-5-11-16(15)17/h1-13H. The first-order valence-corrected chi connectivity index (χ1v) is 7.37. The summed E-state index contributed by atoms with van der Waals surface area (Å²) in [5.41, 5.74) is 1.73. The Morgan fingerprint density at radius 2 is 1.57 bits per heavy atom. The second kappa shape index (κ2) is 5.54. The van der Waals surface area contributed by atoms with E-state index in [0.717, 1.165) is 21.9 Å². The molecular weight excluding hydrogens is 286 g/mol. The fourth-order valence-corrected chi connectivity index (χ4v) is 2.64. The highest BCUT2D eigenvalue weighted by molar-refractivity contribution is 6.18. The van der Waals surface area contributed by atoms with Crippen LogP contribution in [0.3, 0.4) is 0 Å². The molecule has 0 saturated carbocycles. The van der Waals surface area contributed by atoms with Gasteiger partial charge in [-0.15, -0.1) is 0 Å². The van der Waals surface area contributed by atoms with Gasteiger partial charge in [-0.25, -0.2) is 0 Å². The maximum absolute atomic E-state index is 12.1. The topological polar surface area (TPSA) is 38.7 Å². The van der Waals surface area contributed by atoms with Crippen LogP contribution in [0.5, 0.6) is 0 Å². The summed E-state index contributed by atoms with van der Waals surface area (Å²) in [7, 11) is 0. The molecule has 0 bridgehead atoms. The number of nitrogens with zero attached hydrogens (tertiary/aromatic N) is 1. The van der Waals surface area contributed by atoms with E-state index in [1.54, 1.807) is 6.08 Å². The number of carbonyl (C=O) groups excluding carboxylic acids is 1. The maximum Gasteiger partial charge on any atom is 0.316 e. The van der Waals surface area contributed by atoms with Crippen LogP contribution in [0.2, 0.25) is 0 Å². The molecule has 1 aliphatic heterocycles. The lowest BCUT2D eigenvalue weighted by Crippen LogP contribution is -2.01. The smallest absolute Gasteiger partial charge is 0.316 e. The number of rotatable bonds is 2. The van der Waals surface area contributed by atoms with Crippen molar-refractivity contribution >= 4 is 28.7 Å². The molecule has 0 radical (unpaired) electrons. The van der Waals surface area contributed by atoms with Crippen LogP contribution in [0.25, 0.3) is 16.8 Å². The molecule has 1 aliphatic rings. The van der Waals surface area contributed by atoms with Gasteiger partial charge in [-0.3, -0.25) is 4.79 Å². The average Bonchev–Trinajstić information content (AvgIpc) is 2.96. The third kappa shape index (κ3) is 2.53. The summed E-state index contributed by atoms with van der Waals surface area (Å²) in [5, 5.41) is 2.10. The summed E-state index contributed by atoms with van der Waals surface area (Å²) in [6, 6.07) is 23.4. The van der Waals surface area contributed by atoms with Gasteiger partial charge in [-0.1, -0.05) is 66.7 Å². The van der Waals surface area contributed by atoms with Crippen molar-refractivity contribution in [2.45, 2.75) is 0 Å². The van der Waals surface area contributed by atoms with Crippen molar-refractivity contribution in [2.24, 2.45) is 4.99 Å². The van der Waals surface area contributed by atoms with Gasteiger partial charge < -0.3 is 4.74 Å². The third-order valence-corrected chi connectivity index (χ3v) is 3.74. The number of amides is 1. The summed E-state index contributed by atoms with van der Waals surface area (Å²) in [6.07, 6.45) is 1.71. The van der Waals surface area contributed by atoms with Gasteiger partial charge in [0.1, 0.15) is 0 Å². The lowest BCUT2D eigenvalue weighted by atomic mass is 10.0. The summed E-state index contributed by atoms with van der Waals surface area (Å²) in [4.78, 5) is 16.2. The Morgan fingerprint density at radius 3 is 2.43 bits per heavy atom. The van der Waals surface area contributed by atoms with Gasteiger partial charge >= 0.3 is 5.91 Å². The van der Waals surface area contributed by atoms with E-state index in [-0.39, 0.29) is 11.7 Å². The zero-order chi connectivity index (χ0) is 15.6. The summed E-state index contributed by atoms with van der Waals surface area (Å²) >= 11 is 0. The number of carbonyl (C=O) groups is 1. The van der Waals surface area contributed by atoms with Crippen molar-refractivity contribution < 1.29 is 9.53 Å². The van der Waals surface area contributed by atoms with Gasteiger partial charge in [0.25, 0.3) is 0 Å². The molecule has 0 aliphatic carbocycles. The minimum Gasteiger partial charge on any atom is -0.432 e. The van der Waals surface area contributed by atoms with Gasteiger partial charge in [0.15, 0.2) is 5.76 Å². The molecule has 0 spiro atoms. The van der Waals surface area contributed by atoms with E-state index < -0.39 is 0 Å². The lowest BCUT2D eigenvalue weighted by Gasteiger charge is -2.06. The first-order valence-electron chi connectivity index (χ1n) is 7.37. The van der Waals surface area contributed by atoms with E-state index in [2.05, 4.69) is 4.99 Å². The Balaban J connectivity index is 1.73. The molecule has 3 aromatic rings. The number of ether oxygens (including phenoxy) is 1. The van der Waals surface area contributed by atoms with Gasteiger partial charge in [-0.05, 0) is 28.5 Å². The number of aliphatic imine (C=N–C) groups is 1. The molecule has 0 saturated heterocycles. The van der Waals surface area contributed by atoms with Crippen LogP contribution in [-0.2, 0) is 9.53 Å². The van der Waals surface area contributed by atoms with E-state index in [1.165, 1.54) is 0 Å². The Bertz CT molecular complexity index is 950. The van der Waals surface area contributed by atoms with Gasteiger partial charge in [0.05, 0.1) is 0 Å². The van der Waals surface area contributed by atoms with Gasteiger partial charge in [0.2, 0.25) is 5.90 Å². The third-order valence-electron chi connectivity index (χ3n) is 3.74. The lowest BCUT2D eigenvalue weighted by molar-refractivity contribution is -0.115. The zero-order valence-electron chi connectivity index (χ0n) is 12.3. The first-order chi connectivity index (χ1) is 11.3. The summed E-state index contributed by atoms with van der Waals surface area (Å²) in [6.45, 7) is 0. The number of hydrogen-bond donors (Lipinski definition) is 0. The fourth-order valence-electron chi connectivity index (χ4n) is 2.64. The Kier molecular flexibility index (Phi) is 3.24. The molecule has 110 valence electrons. The van der Waals surface area contributed by atoms with Gasteiger partial charge in [0, 0.05) is 5.56 Å². The number of benzene rings is 3. The minimum absolute atomic E-state index is 0.249. The Labute approximate surface area is 133 Å². The zero-order valence-corrected chi connectivity index (χ0v) is 12.3. The maximum atomic E-state index is 12.1. The van der Waals surface area contributed by atoms with Crippen LogP contribution in [0, 0.1) is 0 Å². The highest BCUT2D eigenvalue weighted by Gasteiger charge is 2.24. The molecular formula is C20H13NO2. The molecule has 1 amide bonds. The molecule has 3 nitrogen and oxygen atoms in total. The first kappa shape index (κ1) is 13.5. The van der Waals surface area contributed by atoms with E-state index >= 15 is 0 Å². The molecule has 3 heteroatoms. The summed E-state index contributed by atoms with van der Waals surface area (Å²) in [5.74, 6) is 0.255. The predicted molar refractivity (Wildman–Crippen MR) is 91.0 cm³/mol. The highest BCUT2D eigenvalue weighted by Crippen LogP contribution is 2.24. The molecule has 0 aromatic heterocycles. The van der Waals surface area contributed by atoms with E-state index in [0.29, 0.717) is 5.90 Å². The van der Waals surface area contributed by atoms with Crippen LogP contribution < -0.4 is 0 Å². The van der Waals surface area contributed by atoms with Crippen LogP contribution in [0.15, 0.2) is 83.5 Å². The van der Waals surface area contributed by atoms with Crippen LogP contribution in [0.4, 0.5) is 0 Å². The monoisotopic (exact) mass is 299 g/mol. The fraction of sp³-hybridized carbons (Fsp3) is 0. The highest BCUT2D eigenvalue weighted by atomic mass is 16.5. The van der Waals surface area contributed by atoms with E-state index in [9.17, 15) is 4.79 Å². The van der Waals surface area contributed by atoms with Crippen molar-refractivity contribution in [3.05, 3.63) is 89.7 Å². The normalized spacial score (nSPS) is 15.7. The number of hydrogen-bond acceptors (Lipinski definition) is 2. The van der Waals surface area contributed by atoms with Gasteiger partial charge in [-0.2, -0.15) is 4.99 Å². The number of fused-ring (bicyclic) bond motifs is 1. The molecule has 23 heavy (non-hydrogen) atoms. The molecule has 0 unspecified atom stereocenters. The minimum atomic E-state index is -0.350. The van der Waals surface area contributed by atoms with Crippen molar-refractivity contribution in [3.63, 3.8) is 0 Å². The van der Waals surface area contributed by atoms with E-state index in [1.807, 2.05) is 72.8 Å².